The van der Waals surface area contributed by atoms with Gasteiger partial charge in [0.25, 0.3) is 0 Å². The van der Waals surface area contributed by atoms with Gasteiger partial charge in [-0.25, -0.2) is 0 Å². The van der Waals surface area contributed by atoms with Crippen molar-refractivity contribution in [3.63, 3.8) is 0 Å². The first kappa shape index (κ1) is 7.62. The molecule has 48 valence electrons. The van der Waals surface area contributed by atoms with Gasteiger partial charge in [-0.3, -0.25) is 5.01 Å². The maximum Gasteiger partial charge on any atom is 0.0175 e. The summed E-state index contributed by atoms with van der Waals surface area (Å²) < 4.78 is 0. The fraction of sp³-hybridized carbons (Fsp3) is 0.600. The smallest absolute Gasteiger partial charge is 0.0175 e. The lowest BCUT2D eigenvalue weighted by molar-refractivity contribution is 0.0978. The molecule has 0 N–H and O–H groups in total. The Morgan fingerprint density at radius 1 is 1.62 bits per heavy atom. The van der Waals surface area contributed by atoms with Crippen molar-refractivity contribution in [2.45, 2.75) is 0 Å². The minimum Gasteiger partial charge on any atom is -0.771 e. The predicted octanol–water partition coefficient (Wildman–Crippen LogP) is 0.449. The third-order valence-corrected chi connectivity index (χ3v) is 0.731. The lowest BCUT2D eigenvalue weighted by Gasteiger charge is -2.33. The van der Waals surface area contributed by atoms with Gasteiger partial charge in [-0.1, -0.05) is 6.08 Å². The van der Waals surface area contributed by atoms with Gasteiger partial charge >= 0.3 is 0 Å². The maximum atomic E-state index is 10.5. The van der Waals surface area contributed by atoms with E-state index >= 15 is 0 Å². The van der Waals surface area contributed by atoms with Gasteiger partial charge in [0.15, 0.2) is 0 Å². The summed E-state index contributed by atoms with van der Waals surface area (Å²) in [5.74, 6) is 0. The van der Waals surface area contributed by atoms with E-state index < -0.39 is 0 Å². The summed E-state index contributed by atoms with van der Waals surface area (Å²) in [7, 11) is 3.38. The Kier molecular flexibility index (Phi) is 3.43. The van der Waals surface area contributed by atoms with Crippen LogP contribution >= 0.6 is 0 Å². The Morgan fingerprint density at radius 3 is 2.25 bits per heavy atom. The second-order valence-corrected chi connectivity index (χ2v) is 1.67. The van der Waals surface area contributed by atoms with Gasteiger partial charge in [0.2, 0.25) is 0 Å². The maximum absolute atomic E-state index is 10.5. The fourth-order valence-electron chi connectivity index (χ4n) is 0.274. The largest absolute Gasteiger partial charge is 0.771 e. The summed E-state index contributed by atoms with van der Waals surface area (Å²) in [6, 6.07) is 0. The second kappa shape index (κ2) is 3.60. The first-order valence-electron chi connectivity index (χ1n) is 2.41. The van der Waals surface area contributed by atoms with Crippen molar-refractivity contribution in [2.24, 2.45) is 0 Å². The zero-order valence-corrected chi connectivity index (χ0v) is 5.29. The SMILES string of the molecule is C=CCN([O-])N(C)C. The highest BCUT2D eigenvalue weighted by atomic mass is 16.5. The molecule has 0 aromatic carbocycles. The highest BCUT2D eigenvalue weighted by Crippen LogP contribution is 1.84. The van der Waals surface area contributed by atoms with E-state index in [4.69, 9.17) is 0 Å². The van der Waals surface area contributed by atoms with Crippen LogP contribution in [0.5, 0.6) is 0 Å². The summed E-state index contributed by atoms with van der Waals surface area (Å²) >= 11 is 0. The Bertz CT molecular complexity index is 72.8. The van der Waals surface area contributed by atoms with Crippen molar-refractivity contribution >= 4 is 0 Å². The molecule has 3 heteroatoms. The molecule has 0 bridgehead atoms. The highest BCUT2D eigenvalue weighted by molar-refractivity contribution is 4.70. The summed E-state index contributed by atoms with van der Waals surface area (Å²) in [4.78, 5) is 0. The third-order valence-electron chi connectivity index (χ3n) is 0.731. The van der Waals surface area contributed by atoms with Crippen LogP contribution < -0.4 is 0 Å². The molecule has 0 amide bonds. The average molecular weight is 115 g/mol. The molecule has 0 unspecified atom stereocenters. The summed E-state index contributed by atoms with van der Waals surface area (Å²) in [6.07, 6.45) is 1.56. The number of hydrogen-bond acceptors (Lipinski definition) is 3. The Hall–Kier alpha value is -0.380. The molecular weight excluding hydrogens is 104 g/mol. The third kappa shape index (κ3) is 2.74. The van der Waals surface area contributed by atoms with E-state index in [9.17, 15) is 5.21 Å². The van der Waals surface area contributed by atoms with Crippen LogP contribution in [-0.2, 0) is 0 Å². The molecule has 0 fully saturated rings. The number of hydrogen-bond donors (Lipinski definition) is 0. The van der Waals surface area contributed by atoms with Crippen LogP contribution in [-0.4, -0.2) is 30.8 Å². The minimum absolute atomic E-state index is 0.354. The van der Waals surface area contributed by atoms with Crippen LogP contribution in [0.1, 0.15) is 0 Å². The van der Waals surface area contributed by atoms with Crippen molar-refractivity contribution in [3.8, 4) is 0 Å². The van der Waals surface area contributed by atoms with Gasteiger partial charge in [-0.05, 0) is 0 Å². The number of hydroxylamine groups is 1. The first-order valence-corrected chi connectivity index (χ1v) is 2.41. The van der Waals surface area contributed by atoms with Gasteiger partial charge in [0.05, 0.1) is 0 Å². The van der Waals surface area contributed by atoms with Crippen LogP contribution in [0.2, 0.25) is 0 Å². The molecule has 0 aromatic heterocycles. The predicted molar refractivity (Wildman–Crippen MR) is 34.0 cm³/mol. The summed E-state index contributed by atoms with van der Waals surface area (Å²) in [5.41, 5.74) is 0. The van der Waals surface area contributed by atoms with E-state index in [-0.39, 0.29) is 0 Å². The van der Waals surface area contributed by atoms with Gasteiger partial charge in [0, 0.05) is 20.6 Å². The minimum atomic E-state index is 0.354. The molecule has 0 rings (SSSR count). The van der Waals surface area contributed by atoms with Crippen molar-refractivity contribution in [3.05, 3.63) is 17.9 Å². The molecule has 0 heterocycles. The molecule has 0 aromatic rings. The van der Waals surface area contributed by atoms with Crippen LogP contribution in [0.4, 0.5) is 0 Å². The zero-order valence-electron chi connectivity index (χ0n) is 5.29. The zero-order chi connectivity index (χ0) is 6.57. The van der Waals surface area contributed by atoms with E-state index in [0.717, 1.165) is 5.17 Å². The van der Waals surface area contributed by atoms with E-state index in [1.807, 2.05) is 0 Å². The Morgan fingerprint density at radius 2 is 2.12 bits per heavy atom. The van der Waals surface area contributed by atoms with Crippen molar-refractivity contribution in [2.75, 3.05) is 20.6 Å². The molecule has 0 spiro atoms. The quantitative estimate of drug-likeness (QED) is 0.395. The average Bonchev–Trinajstić information content (AvgIpc) is 1.67. The number of hydrazine groups is 1. The Labute approximate surface area is 49.7 Å². The topological polar surface area (TPSA) is 29.5 Å². The summed E-state index contributed by atoms with van der Waals surface area (Å²) in [5, 5.41) is 12.8. The van der Waals surface area contributed by atoms with Gasteiger partial charge in [0.1, 0.15) is 0 Å². The van der Waals surface area contributed by atoms with Gasteiger partial charge < -0.3 is 10.4 Å². The van der Waals surface area contributed by atoms with E-state index in [1.54, 1.807) is 20.2 Å². The summed E-state index contributed by atoms with van der Waals surface area (Å²) in [6.45, 7) is 3.77. The van der Waals surface area contributed by atoms with Crippen LogP contribution in [0.25, 0.3) is 0 Å². The molecular formula is C5H11N2O-. The van der Waals surface area contributed by atoms with Gasteiger partial charge in [-0.15, -0.1) is 6.58 Å². The van der Waals surface area contributed by atoms with Crippen LogP contribution in [0.3, 0.4) is 0 Å². The second-order valence-electron chi connectivity index (χ2n) is 1.67. The Balaban J connectivity index is 3.30. The number of rotatable bonds is 3. The van der Waals surface area contributed by atoms with Crippen molar-refractivity contribution in [1.29, 1.82) is 0 Å². The number of nitrogens with zero attached hydrogens (tertiary/aromatic N) is 2. The lowest BCUT2D eigenvalue weighted by atomic mass is 10.6. The van der Waals surface area contributed by atoms with Crippen molar-refractivity contribution < 1.29 is 0 Å². The molecule has 3 nitrogen and oxygen atoms in total. The molecule has 8 heavy (non-hydrogen) atoms. The lowest BCUT2D eigenvalue weighted by Crippen LogP contribution is -2.31. The molecule has 0 aliphatic carbocycles. The standard InChI is InChI=1S/C5H11N2O/c1-4-5-7(8)6(2)3/h4H,1,5H2,2-3H3/q-1. The van der Waals surface area contributed by atoms with E-state index in [1.165, 1.54) is 5.01 Å². The molecule has 0 saturated heterocycles. The van der Waals surface area contributed by atoms with E-state index in [0.29, 0.717) is 6.54 Å². The molecule has 0 radical (unpaired) electrons. The molecule has 0 saturated carbocycles. The first-order chi connectivity index (χ1) is 3.68. The van der Waals surface area contributed by atoms with Crippen LogP contribution in [0, 0.1) is 5.21 Å². The van der Waals surface area contributed by atoms with Crippen molar-refractivity contribution in [1.82, 2.24) is 10.2 Å². The molecule has 0 aliphatic rings. The fourth-order valence-corrected chi connectivity index (χ4v) is 0.274. The normalized spacial score (nSPS) is 10.6. The van der Waals surface area contributed by atoms with Gasteiger partial charge in [-0.2, -0.15) is 0 Å². The highest BCUT2D eigenvalue weighted by Gasteiger charge is 1.85. The van der Waals surface area contributed by atoms with E-state index in [2.05, 4.69) is 6.58 Å². The van der Waals surface area contributed by atoms with Crippen LogP contribution in [0.15, 0.2) is 12.7 Å². The monoisotopic (exact) mass is 115 g/mol. The molecule has 0 atom stereocenters. The molecule has 0 aliphatic heterocycles.